The van der Waals surface area contributed by atoms with Crippen LogP contribution in [-0.4, -0.2) is 25.7 Å². The summed E-state index contributed by atoms with van der Waals surface area (Å²) < 4.78 is 5.28. The summed E-state index contributed by atoms with van der Waals surface area (Å²) in [5.41, 5.74) is 2.07. The van der Waals surface area contributed by atoms with Crippen molar-refractivity contribution in [1.82, 2.24) is 5.32 Å². The van der Waals surface area contributed by atoms with Crippen molar-refractivity contribution in [2.75, 3.05) is 25.1 Å². The van der Waals surface area contributed by atoms with E-state index in [2.05, 4.69) is 23.6 Å². The lowest BCUT2D eigenvalue weighted by Gasteiger charge is -2.21. The fourth-order valence-corrected chi connectivity index (χ4v) is 2.23. The highest BCUT2D eigenvalue weighted by Crippen LogP contribution is 2.18. The molecule has 0 bridgehead atoms. The Morgan fingerprint density at radius 2 is 2.16 bits per heavy atom. The maximum atomic E-state index is 12.1. The molecule has 2 N–H and O–H groups in total. The minimum absolute atomic E-state index is 0.0890. The molecule has 1 saturated heterocycles. The molecule has 0 atom stereocenters. The second-order valence-corrected chi connectivity index (χ2v) is 4.86. The highest BCUT2D eigenvalue weighted by atomic mass is 16.5. The molecule has 0 aliphatic carbocycles. The van der Waals surface area contributed by atoms with Crippen LogP contribution in [0, 0.1) is 5.92 Å². The second-order valence-electron chi connectivity index (χ2n) is 4.86. The van der Waals surface area contributed by atoms with Crippen molar-refractivity contribution >= 4 is 11.6 Å². The van der Waals surface area contributed by atoms with Crippen LogP contribution in [0.15, 0.2) is 24.3 Å². The molecule has 0 aromatic heterocycles. The number of nitrogens with one attached hydrogen (secondary N) is 2. The Bertz CT molecular complexity index is 414. The van der Waals surface area contributed by atoms with E-state index in [0.717, 1.165) is 31.6 Å². The highest BCUT2D eigenvalue weighted by molar-refractivity contribution is 5.92. The number of amides is 1. The quantitative estimate of drug-likeness (QED) is 0.855. The van der Waals surface area contributed by atoms with Crippen LogP contribution < -0.4 is 10.6 Å². The zero-order chi connectivity index (χ0) is 13.5. The molecule has 0 unspecified atom stereocenters. The summed E-state index contributed by atoms with van der Waals surface area (Å²) in [7, 11) is 0. The predicted molar refractivity (Wildman–Crippen MR) is 76.0 cm³/mol. The van der Waals surface area contributed by atoms with Gasteiger partial charge in [0.25, 0.3) is 0 Å². The lowest BCUT2D eigenvalue weighted by atomic mass is 9.99. The van der Waals surface area contributed by atoms with E-state index >= 15 is 0 Å². The molecule has 4 heteroatoms. The van der Waals surface area contributed by atoms with Gasteiger partial charge in [0.1, 0.15) is 0 Å². The molecule has 19 heavy (non-hydrogen) atoms. The summed E-state index contributed by atoms with van der Waals surface area (Å²) in [4.78, 5) is 12.1. The molecule has 2 rings (SSSR count). The summed E-state index contributed by atoms with van der Waals surface area (Å²) in [5.74, 6) is 0.204. The summed E-state index contributed by atoms with van der Waals surface area (Å²) in [6, 6.07) is 8.01. The van der Waals surface area contributed by atoms with E-state index in [1.54, 1.807) is 0 Å². The first kappa shape index (κ1) is 14.0. The van der Waals surface area contributed by atoms with Crippen LogP contribution in [0.5, 0.6) is 0 Å². The molecular weight excluding hydrogens is 240 g/mol. The van der Waals surface area contributed by atoms with Gasteiger partial charge in [-0.25, -0.2) is 0 Å². The van der Waals surface area contributed by atoms with E-state index in [4.69, 9.17) is 4.74 Å². The monoisotopic (exact) mass is 262 g/mol. The first-order valence-electron chi connectivity index (χ1n) is 6.98. The van der Waals surface area contributed by atoms with E-state index in [1.165, 1.54) is 5.56 Å². The Morgan fingerprint density at radius 1 is 1.37 bits per heavy atom. The molecule has 1 heterocycles. The fourth-order valence-electron chi connectivity index (χ4n) is 2.23. The Morgan fingerprint density at radius 3 is 2.89 bits per heavy atom. The molecule has 1 aromatic carbocycles. The van der Waals surface area contributed by atoms with E-state index in [9.17, 15) is 4.79 Å². The third-order valence-corrected chi connectivity index (χ3v) is 3.37. The number of benzene rings is 1. The van der Waals surface area contributed by atoms with Crippen molar-refractivity contribution in [3.8, 4) is 0 Å². The normalized spacial score (nSPS) is 16.3. The molecule has 1 aromatic rings. The molecule has 1 aliphatic heterocycles. The van der Waals surface area contributed by atoms with Crippen LogP contribution in [-0.2, 0) is 16.1 Å². The van der Waals surface area contributed by atoms with Crippen LogP contribution in [0.2, 0.25) is 0 Å². The number of carbonyl (C=O) groups excluding carboxylic acids is 1. The molecule has 1 fully saturated rings. The Kier molecular flexibility index (Phi) is 5.36. The Balaban J connectivity index is 1.92. The molecule has 1 aliphatic rings. The van der Waals surface area contributed by atoms with E-state index in [-0.39, 0.29) is 11.8 Å². The fraction of sp³-hybridized carbons (Fsp3) is 0.533. The summed E-state index contributed by atoms with van der Waals surface area (Å²) >= 11 is 0. The average Bonchev–Trinajstić information content (AvgIpc) is 2.46. The Labute approximate surface area is 114 Å². The number of carbonyl (C=O) groups is 1. The largest absolute Gasteiger partial charge is 0.381 e. The zero-order valence-corrected chi connectivity index (χ0v) is 11.4. The number of rotatable bonds is 5. The van der Waals surface area contributed by atoms with Gasteiger partial charge in [-0.05, 0) is 37.1 Å². The van der Waals surface area contributed by atoms with Crippen LogP contribution in [0.1, 0.15) is 25.3 Å². The van der Waals surface area contributed by atoms with Gasteiger partial charge in [-0.3, -0.25) is 4.79 Å². The summed E-state index contributed by atoms with van der Waals surface area (Å²) in [5, 5.41) is 6.29. The van der Waals surface area contributed by atoms with Gasteiger partial charge in [0, 0.05) is 31.4 Å². The van der Waals surface area contributed by atoms with Gasteiger partial charge in [-0.15, -0.1) is 0 Å². The topological polar surface area (TPSA) is 50.4 Å². The standard InChI is InChI=1S/C15H22N2O2/c1-2-16-11-12-4-3-5-14(10-12)17-15(18)13-6-8-19-9-7-13/h3-5,10,13,16H,2,6-9,11H2,1H3,(H,17,18). The van der Waals surface area contributed by atoms with Gasteiger partial charge in [0.2, 0.25) is 5.91 Å². The van der Waals surface area contributed by atoms with E-state index in [0.29, 0.717) is 13.2 Å². The smallest absolute Gasteiger partial charge is 0.227 e. The van der Waals surface area contributed by atoms with Crippen molar-refractivity contribution < 1.29 is 9.53 Å². The second kappa shape index (κ2) is 7.26. The summed E-state index contributed by atoms with van der Waals surface area (Å²) in [6.45, 7) is 5.24. The maximum absolute atomic E-state index is 12.1. The van der Waals surface area contributed by atoms with Gasteiger partial charge in [-0.2, -0.15) is 0 Å². The zero-order valence-electron chi connectivity index (χ0n) is 11.4. The molecule has 1 amide bonds. The molecule has 0 radical (unpaired) electrons. The summed E-state index contributed by atoms with van der Waals surface area (Å²) in [6.07, 6.45) is 1.64. The maximum Gasteiger partial charge on any atom is 0.227 e. The third-order valence-electron chi connectivity index (χ3n) is 3.37. The van der Waals surface area contributed by atoms with Gasteiger partial charge in [0.05, 0.1) is 0 Å². The first-order chi connectivity index (χ1) is 9.29. The van der Waals surface area contributed by atoms with E-state index < -0.39 is 0 Å². The van der Waals surface area contributed by atoms with Gasteiger partial charge in [0.15, 0.2) is 0 Å². The third kappa shape index (κ3) is 4.33. The molecule has 104 valence electrons. The molecule has 0 saturated carbocycles. The average molecular weight is 262 g/mol. The molecule has 0 spiro atoms. The SMILES string of the molecule is CCNCc1cccc(NC(=O)C2CCOCC2)c1. The van der Waals surface area contributed by atoms with Crippen molar-refractivity contribution in [3.63, 3.8) is 0 Å². The minimum Gasteiger partial charge on any atom is -0.381 e. The van der Waals surface area contributed by atoms with Crippen molar-refractivity contribution in [2.24, 2.45) is 5.92 Å². The number of ether oxygens (including phenoxy) is 1. The number of hydrogen-bond donors (Lipinski definition) is 2. The number of anilines is 1. The van der Waals surface area contributed by atoms with Crippen molar-refractivity contribution in [1.29, 1.82) is 0 Å². The Hall–Kier alpha value is -1.39. The lowest BCUT2D eigenvalue weighted by molar-refractivity contribution is -0.122. The van der Waals surface area contributed by atoms with Crippen LogP contribution in [0.25, 0.3) is 0 Å². The molecular formula is C15H22N2O2. The number of hydrogen-bond acceptors (Lipinski definition) is 3. The highest BCUT2D eigenvalue weighted by Gasteiger charge is 2.21. The van der Waals surface area contributed by atoms with Gasteiger partial charge in [-0.1, -0.05) is 19.1 Å². The first-order valence-corrected chi connectivity index (χ1v) is 6.98. The predicted octanol–water partition coefficient (Wildman–Crippen LogP) is 2.16. The lowest BCUT2D eigenvalue weighted by Crippen LogP contribution is -2.28. The van der Waals surface area contributed by atoms with Crippen LogP contribution in [0.3, 0.4) is 0 Å². The van der Waals surface area contributed by atoms with Crippen molar-refractivity contribution in [3.05, 3.63) is 29.8 Å². The molecule has 4 nitrogen and oxygen atoms in total. The van der Waals surface area contributed by atoms with Gasteiger partial charge >= 0.3 is 0 Å². The minimum atomic E-state index is 0.0890. The van der Waals surface area contributed by atoms with Crippen LogP contribution in [0.4, 0.5) is 5.69 Å². The van der Waals surface area contributed by atoms with Crippen LogP contribution >= 0.6 is 0 Å². The van der Waals surface area contributed by atoms with E-state index in [1.807, 2.05) is 18.2 Å². The van der Waals surface area contributed by atoms with Gasteiger partial charge < -0.3 is 15.4 Å². The van der Waals surface area contributed by atoms with Crippen molar-refractivity contribution in [2.45, 2.75) is 26.3 Å².